The van der Waals surface area contributed by atoms with Gasteiger partial charge in [-0.05, 0) is 48.6 Å². The van der Waals surface area contributed by atoms with Gasteiger partial charge in [0.1, 0.15) is 0 Å². The Hall–Kier alpha value is -1.64. The smallest absolute Gasteiger partial charge is 0.0720 e. The van der Waals surface area contributed by atoms with Crippen LogP contribution in [0.2, 0.25) is 0 Å². The first-order valence-corrected chi connectivity index (χ1v) is 8.64. The van der Waals surface area contributed by atoms with Gasteiger partial charge < -0.3 is 9.84 Å². The summed E-state index contributed by atoms with van der Waals surface area (Å²) in [5, 5.41) is 9.62. The van der Waals surface area contributed by atoms with E-state index in [0.29, 0.717) is 18.4 Å². The summed E-state index contributed by atoms with van der Waals surface area (Å²) in [6.07, 6.45) is 4.53. The fraction of sp³-hybridized carbons (Fsp3) is 0.429. The second-order valence-electron chi connectivity index (χ2n) is 6.73. The lowest BCUT2D eigenvalue weighted by atomic mass is 9.77. The van der Waals surface area contributed by atoms with Gasteiger partial charge >= 0.3 is 0 Å². The standard InChI is InChI=1S/C21H26O2/c22-15-20-12-19(11-17-7-3-1-4-8-17)13-21(14-20)23-16-18-9-5-2-6-10-18/h1-10,19-22H,11-16H2. The van der Waals surface area contributed by atoms with Crippen LogP contribution in [-0.2, 0) is 17.8 Å². The second kappa shape index (κ2) is 8.28. The van der Waals surface area contributed by atoms with Gasteiger partial charge in [-0.1, -0.05) is 60.7 Å². The molecule has 1 aliphatic rings. The van der Waals surface area contributed by atoms with Gasteiger partial charge in [-0.15, -0.1) is 0 Å². The lowest BCUT2D eigenvalue weighted by molar-refractivity contribution is -0.0233. The predicted molar refractivity (Wildman–Crippen MR) is 93.1 cm³/mol. The number of aliphatic hydroxyl groups excluding tert-OH is 1. The summed E-state index contributed by atoms with van der Waals surface area (Å²) in [6, 6.07) is 21.0. The SMILES string of the molecule is OCC1CC(Cc2ccccc2)CC(OCc2ccccc2)C1. The minimum atomic E-state index is 0.259. The van der Waals surface area contributed by atoms with Crippen molar-refractivity contribution in [3.8, 4) is 0 Å². The summed E-state index contributed by atoms with van der Waals surface area (Å²) < 4.78 is 6.16. The molecule has 1 saturated carbocycles. The van der Waals surface area contributed by atoms with E-state index in [0.717, 1.165) is 25.7 Å². The minimum absolute atomic E-state index is 0.259. The first-order valence-electron chi connectivity index (χ1n) is 8.64. The second-order valence-corrected chi connectivity index (χ2v) is 6.73. The van der Waals surface area contributed by atoms with Gasteiger partial charge in [0, 0.05) is 6.61 Å². The van der Waals surface area contributed by atoms with Gasteiger partial charge in [0.25, 0.3) is 0 Å². The van der Waals surface area contributed by atoms with Crippen LogP contribution in [0, 0.1) is 11.8 Å². The van der Waals surface area contributed by atoms with E-state index in [1.54, 1.807) is 0 Å². The molecule has 23 heavy (non-hydrogen) atoms. The van der Waals surface area contributed by atoms with Crippen LogP contribution in [0.25, 0.3) is 0 Å². The highest BCUT2D eigenvalue weighted by Gasteiger charge is 2.29. The van der Waals surface area contributed by atoms with Crippen LogP contribution in [0.3, 0.4) is 0 Å². The highest BCUT2D eigenvalue weighted by atomic mass is 16.5. The zero-order valence-electron chi connectivity index (χ0n) is 13.6. The van der Waals surface area contributed by atoms with Crippen molar-refractivity contribution in [2.75, 3.05) is 6.61 Å². The van der Waals surface area contributed by atoms with Gasteiger partial charge in [0.05, 0.1) is 12.7 Å². The topological polar surface area (TPSA) is 29.5 Å². The van der Waals surface area contributed by atoms with Crippen LogP contribution < -0.4 is 0 Å². The van der Waals surface area contributed by atoms with Crippen molar-refractivity contribution in [1.82, 2.24) is 0 Å². The van der Waals surface area contributed by atoms with E-state index in [9.17, 15) is 5.11 Å². The zero-order chi connectivity index (χ0) is 15.9. The van der Waals surface area contributed by atoms with Gasteiger partial charge in [-0.25, -0.2) is 0 Å². The molecule has 3 atom stereocenters. The molecule has 2 aromatic carbocycles. The largest absolute Gasteiger partial charge is 0.396 e. The summed E-state index contributed by atoms with van der Waals surface area (Å²) in [5.41, 5.74) is 2.61. The molecular weight excluding hydrogens is 284 g/mol. The molecule has 1 N–H and O–H groups in total. The molecule has 3 unspecified atom stereocenters. The van der Waals surface area contributed by atoms with Crippen LogP contribution in [-0.4, -0.2) is 17.8 Å². The third kappa shape index (κ3) is 4.92. The van der Waals surface area contributed by atoms with Crippen LogP contribution >= 0.6 is 0 Å². The fourth-order valence-corrected chi connectivity index (χ4v) is 3.69. The Morgan fingerprint density at radius 3 is 2.04 bits per heavy atom. The minimum Gasteiger partial charge on any atom is -0.396 e. The first kappa shape index (κ1) is 16.2. The first-order chi connectivity index (χ1) is 11.3. The highest BCUT2D eigenvalue weighted by Crippen LogP contribution is 2.33. The van der Waals surface area contributed by atoms with E-state index in [1.165, 1.54) is 11.1 Å². The van der Waals surface area contributed by atoms with Crippen LogP contribution in [0.15, 0.2) is 60.7 Å². The van der Waals surface area contributed by atoms with Crippen LogP contribution in [0.5, 0.6) is 0 Å². The molecular formula is C21H26O2. The molecule has 0 heterocycles. The maximum atomic E-state index is 9.62. The van der Waals surface area contributed by atoms with Gasteiger partial charge in [-0.3, -0.25) is 0 Å². The highest BCUT2D eigenvalue weighted by molar-refractivity contribution is 5.16. The normalized spacial score (nSPS) is 24.5. The lowest BCUT2D eigenvalue weighted by Crippen LogP contribution is -2.31. The van der Waals surface area contributed by atoms with Gasteiger partial charge in [0.2, 0.25) is 0 Å². The number of hydrogen-bond acceptors (Lipinski definition) is 2. The third-order valence-electron chi connectivity index (χ3n) is 4.81. The number of ether oxygens (including phenoxy) is 1. The number of aliphatic hydroxyl groups is 1. The number of rotatable bonds is 6. The molecule has 0 aliphatic heterocycles. The molecule has 0 bridgehead atoms. The van der Waals surface area contributed by atoms with E-state index >= 15 is 0 Å². The molecule has 0 aromatic heterocycles. The summed E-state index contributed by atoms with van der Waals surface area (Å²) in [4.78, 5) is 0. The lowest BCUT2D eigenvalue weighted by Gasteiger charge is -2.34. The average Bonchev–Trinajstić information content (AvgIpc) is 2.61. The molecule has 0 spiro atoms. The van der Waals surface area contributed by atoms with E-state index < -0.39 is 0 Å². The van der Waals surface area contributed by atoms with Gasteiger partial charge in [0.15, 0.2) is 0 Å². The van der Waals surface area contributed by atoms with Crippen LogP contribution in [0.1, 0.15) is 30.4 Å². The van der Waals surface area contributed by atoms with Gasteiger partial charge in [-0.2, -0.15) is 0 Å². The Balaban J connectivity index is 1.57. The van der Waals surface area contributed by atoms with E-state index in [1.807, 2.05) is 18.2 Å². The molecule has 1 aliphatic carbocycles. The molecule has 122 valence electrons. The average molecular weight is 310 g/mol. The van der Waals surface area contributed by atoms with Crippen molar-refractivity contribution in [2.24, 2.45) is 11.8 Å². The quantitative estimate of drug-likeness (QED) is 0.865. The summed E-state index contributed by atoms with van der Waals surface area (Å²) in [6.45, 7) is 0.943. The Morgan fingerprint density at radius 2 is 1.39 bits per heavy atom. The fourth-order valence-electron chi connectivity index (χ4n) is 3.69. The Bertz CT molecular complexity index is 567. The van der Waals surface area contributed by atoms with Crippen molar-refractivity contribution in [2.45, 2.75) is 38.4 Å². The van der Waals surface area contributed by atoms with Crippen LogP contribution in [0.4, 0.5) is 0 Å². The Labute approximate surface area is 139 Å². The molecule has 2 heteroatoms. The maximum Gasteiger partial charge on any atom is 0.0720 e. The predicted octanol–water partition coefficient (Wildman–Crippen LogP) is 4.22. The Morgan fingerprint density at radius 1 is 0.783 bits per heavy atom. The number of benzene rings is 2. The molecule has 0 amide bonds. The van der Waals surface area contributed by atoms with Crippen molar-refractivity contribution in [1.29, 1.82) is 0 Å². The molecule has 2 aromatic rings. The molecule has 1 fully saturated rings. The molecule has 0 radical (unpaired) electrons. The van der Waals surface area contributed by atoms with Crippen molar-refractivity contribution >= 4 is 0 Å². The molecule has 3 rings (SSSR count). The van der Waals surface area contributed by atoms with E-state index in [4.69, 9.17) is 4.74 Å². The van der Waals surface area contributed by atoms with Crippen molar-refractivity contribution in [3.63, 3.8) is 0 Å². The van der Waals surface area contributed by atoms with E-state index in [2.05, 4.69) is 42.5 Å². The monoisotopic (exact) mass is 310 g/mol. The molecule has 0 saturated heterocycles. The number of hydrogen-bond donors (Lipinski definition) is 1. The van der Waals surface area contributed by atoms with Crippen molar-refractivity contribution < 1.29 is 9.84 Å². The summed E-state index contributed by atoms with van der Waals surface area (Å²) >= 11 is 0. The zero-order valence-corrected chi connectivity index (χ0v) is 13.6. The Kier molecular flexibility index (Phi) is 5.84. The van der Waals surface area contributed by atoms with Crippen molar-refractivity contribution in [3.05, 3.63) is 71.8 Å². The molecule has 2 nitrogen and oxygen atoms in total. The summed E-state index contributed by atoms with van der Waals surface area (Å²) in [7, 11) is 0. The maximum absolute atomic E-state index is 9.62. The third-order valence-corrected chi connectivity index (χ3v) is 4.81. The van der Waals surface area contributed by atoms with E-state index in [-0.39, 0.29) is 12.7 Å². The summed E-state index contributed by atoms with van der Waals surface area (Å²) in [5.74, 6) is 0.974.